The van der Waals surface area contributed by atoms with Crippen LogP contribution in [-0.2, 0) is 22.4 Å². The standard InChI is InChI=1S/C17H16ClNO4S/c1-22-17(21)15-12-3-2-4-13(12)24-16(15)19-14(20)9-23-11-7-5-10(18)6-8-11/h5-8H,2-4,9H2,1H3,(H,19,20). The molecule has 0 atom stereocenters. The number of hydrogen-bond donors (Lipinski definition) is 1. The number of rotatable bonds is 5. The molecule has 5 nitrogen and oxygen atoms in total. The van der Waals surface area contributed by atoms with Crippen molar-refractivity contribution in [2.75, 3.05) is 19.0 Å². The number of esters is 1. The number of halogens is 1. The first-order valence-corrected chi connectivity index (χ1v) is 8.69. The minimum absolute atomic E-state index is 0.148. The third-order valence-electron chi connectivity index (χ3n) is 3.75. The number of carbonyl (C=O) groups is 2. The van der Waals surface area contributed by atoms with Crippen molar-refractivity contribution in [3.8, 4) is 5.75 Å². The van der Waals surface area contributed by atoms with Crippen molar-refractivity contribution in [2.45, 2.75) is 19.3 Å². The maximum absolute atomic E-state index is 12.1. The fourth-order valence-corrected chi connectivity index (χ4v) is 4.07. The van der Waals surface area contributed by atoms with Gasteiger partial charge in [0.25, 0.3) is 5.91 Å². The average Bonchev–Trinajstić information content (AvgIpc) is 3.14. The Bertz CT molecular complexity index is 770. The van der Waals surface area contributed by atoms with E-state index in [1.807, 2.05) is 0 Å². The van der Waals surface area contributed by atoms with E-state index < -0.39 is 5.97 Å². The van der Waals surface area contributed by atoms with Gasteiger partial charge in [0.15, 0.2) is 6.61 Å². The van der Waals surface area contributed by atoms with Gasteiger partial charge in [-0.2, -0.15) is 0 Å². The van der Waals surface area contributed by atoms with E-state index in [-0.39, 0.29) is 12.5 Å². The van der Waals surface area contributed by atoms with Crippen molar-refractivity contribution in [2.24, 2.45) is 0 Å². The van der Waals surface area contributed by atoms with Crippen LogP contribution in [0.5, 0.6) is 5.75 Å². The highest BCUT2D eigenvalue weighted by Crippen LogP contribution is 2.39. The Kier molecular flexibility index (Phi) is 5.06. The molecule has 24 heavy (non-hydrogen) atoms. The van der Waals surface area contributed by atoms with Gasteiger partial charge in [-0.25, -0.2) is 4.79 Å². The van der Waals surface area contributed by atoms with Gasteiger partial charge < -0.3 is 14.8 Å². The van der Waals surface area contributed by atoms with Crippen LogP contribution in [-0.4, -0.2) is 25.6 Å². The van der Waals surface area contributed by atoms with Gasteiger partial charge in [0, 0.05) is 9.90 Å². The van der Waals surface area contributed by atoms with Gasteiger partial charge in [-0.05, 0) is 49.1 Å². The van der Waals surface area contributed by atoms with Crippen LogP contribution >= 0.6 is 22.9 Å². The molecular formula is C17H16ClNO4S. The number of methoxy groups -OCH3 is 1. The molecule has 0 spiro atoms. The van der Waals surface area contributed by atoms with Crippen LogP contribution < -0.4 is 10.1 Å². The van der Waals surface area contributed by atoms with Gasteiger partial charge in [0.05, 0.1) is 12.7 Å². The molecule has 1 heterocycles. The zero-order valence-electron chi connectivity index (χ0n) is 13.1. The Balaban J connectivity index is 1.68. The highest BCUT2D eigenvalue weighted by atomic mass is 35.5. The minimum atomic E-state index is -0.414. The Hall–Kier alpha value is -2.05. The third-order valence-corrected chi connectivity index (χ3v) is 5.21. The largest absolute Gasteiger partial charge is 0.484 e. The van der Waals surface area contributed by atoms with Crippen molar-refractivity contribution >= 4 is 39.8 Å². The van der Waals surface area contributed by atoms with Crippen molar-refractivity contribution in [3.05, 3.63) is 45.3 Å². The van der Waals surface area contributed by atoms with Gasteiger partial charge >= 0.3 is 5.97 Å². The zero-order chi connectivity index (χ0) is 17.1. The summed E-state index contributed by atoms with van der Waals surface area (Å²) in [7, 11) is 1.34. The lowest BCUT2D eigenvalue weighted by atomic mass is 10.1. The number of fused-ring (bicyclic) bond motifs is 1. The number of nitrogens with one attached hydrogen (secondary N) is 1. The Morgan fingerprint density at radius 2 is 2.00 bits per heavy atom. The monoisotopic (exact) mass is 365 g/mol. The molecular weight excluding hydrogens is 350 g/mol. The molecule has 0 saturated carbocycles. The molecule has 1 aliphatic carbocycles. The second kappa shape index (κ2) is 7.23. The van der Waals surface area contributed by atoms with E-state index in [9.17, 15) is 9.59 Å². The quantitative estimate of drug-likeness (QED) is 0.820. The number of benzene rings is 1. The molecule has 1 aliphatic rings. The summed E-state index contributed by atoms with van der Waals surface area (Å²) in [4.78, 5) is 25.3. The predicted molar refractivity (Wildman–Crippen MR) is 93.3 cm³/mol. The third kappa shape index (κ3) is 3.55. The molecule has 0 radical (unpaired) electrons. The maximum Gasteiger partial charge on any atom is 0.341 e. The van der Waals surface area contributed by atoms with E-state index in [1.54, 1.807) is 24.3 Å². The summed E-state index contributed by atoms with van der Waals surface area (Å²) in [6.45, 7) is -0.148. The van der Waals surface area contributed by atoms with Crippen LogP contribution in [0.1, 0.15) is 27.2 Å². The molecule has 3 rings (SSSR count). The van der Waals surface area contributed by atoms with E-state index in [1.165, 1.54) is 18.4 Å². The van der Waals surface area contributed by atoms with Crippen LogP contribution in [0.4, 0.5) is 5.00 Å². The minimum Gasteiger partial charge on any atom is -0.484 e. The molecule has 0 aliphatic heterocycles. The van der Waals surface area contributed by atoms with E-state index in [0.29, 0.717) is 21.3 Å². The van der Waals surface area contributed by atoms with E-state index in [2.05, 4.69) is 5.32 Å². The topological polar surface area (TPSA) is 64.6 Å². The number of hydrogen-bond acceptors (Lipinski definition) is 5. The molecule has 2 aromatic rings. The predicted octanol–water partition coefficient (Wildman–Crippen LogP) is 3.69. The average molecular weight is 366 g/mol. The van der Waals surface area contributed by atoms with E-state index >= 15 is 0 Å². The molecule has 1 aromatic heterocycles. The summed E-state index contributed by atoms with van der Waals surface area (Å²) in [5.41, 5.74) is 1.48. The normalized spacial score (nSPS) is 12.6. The van der Waals surface area contributed by atoms with Gasteiger partial charge in [-0.3, -0.25) is 4.79 Å². The molecule has 1 N–H and O–H groups in total. The molecule has 126 valence electrons. The number of carbonyl (C=O) groups excluding carboxylic acids is 2. The Labute approximate surface area is 148 Å². The van der Waals surface area contributed by atoms with E-state index in [4.69, 9.17) is 21.1 Å². The van der Waals surface area contributed by atoms with Gasteiger partial charge in [0.2, 0.25) is 0 Å². The molecule has 0 unspecified atom stereocenters. The van der Waals surface area contributed by atoms with Gasteiger partial charge in [0.1, 0.15) is 10.8 Å². The molecule has 0 fully saturated rings. The van der Waals surface area contributed by atoms with Crippen LogP contribution in [0.15, 0.2) is 24.3 Å². The van der Waals surface area contributed by atoms with Crippen LogP contribution in [0.2, 0.25) is 5.02 Å². The lowest BCUT2D eigenvalue weighted by molar-refractivity contribution is -0.118. The smallest absolute Gasteiger partial charge is 0.341 e. The second-order valence-electron chi connectivity index (χ2n) is 5.34. The molecule has 1 amide bonds. The summed E-state index contributed by atoms with van der Waals surface area (Å²) < 4.78 is 10.3. The summed E-state index contributed by atoms with van der Waals surface area (Å²) in [5.74, 6) is -0.185. The summed E-state index contributed by atoms with van der Waals surface area (Å²) >= 11 is 7.24. The number of amides is 1. The first kappa shape index (κ1) is 16.8. The molecule has 0 bridgehead atoms. The van der Waals surface area contributed by atoms with Gasteiger partial charge in [-0.1, -0.05) is 11.6 Å². The number of ether oxygens (including phenoxy) is 2. The SMILES string of the molecule is COC(=O)c1c(NC(=O)COc2ccc(Cl)cc2)sc2c1CCC2. The lowest BCUT2D eigenvalue weighted by Gasteiger charge is -2.08. The van der Waals surface area contributed by atoms with Crippen LogP contribution in [0.25, 0.3) is 0 Å². The van der Waals surface area contributed by atoms with Crippen LogP contribution in [0.3, 0.4) is 0 Å². The summed E-state index contributed by atoms with van der Waals surface area (Å²) in [6, 6.07) is 6.76. The van der Waals surface area contributed by atoms with Crippen molar-refractivity contribution < 1.29 is 19.1 Å². The Morgan fingerprint density at radius 3 is 2.71 bits per heavy atom. The highest BCUT2D eigenvalue weighted by molar-refractivity contribution is 7.17. The zero-order valence-corrected chi connectivity index (χ0v) is 14.6. The second-order valence-corrected chi connectivity index (χ2v) is 6.89. The number of thiophene rings is 1. The maximum atomic E-state index is 12.1. The van der Waals surface area contributed by atoms with Gasteiger partial charge in [-0.15, -0.1) is 11.3 Å². The summed E-state index contributed by atoms with van der Waals surface area (Å²) in [6.07, 6.45) is 2.80. The number of aryl methyl sites for hydroxylation is 1. The highest BCUT2D eigenvalue weighted by Gasteiger charge is 2.28. The lowest BCUT2D eigenvalue weighted by Crippen LogP contribution is -2.21. The summed E-state index contributed by atoms with van der Waals surface area (Å²) in [5, 5.41) is 3.90. The Morgan fingerprint density at radius 1 is 1.25 bits per heavy atom. The van der Waals surface area contributed by atoms with Crippen molar-refractivity contribution in [3.63, 3.8) is 0 Å². The van der Waals surface area contributed by atoms with Crippen LogP contribution in [0, 0.1) is 0 Å². The first-order valence-electron chi connectivity index (χ1n) is 7.49. The first-order chi connectivity index (χ1) is 11.6. The fourth-order valence-electron chi connectivity index (χ4n) is 2.65. The van der Waals surface area contributed by atoms with Crippen molar-refractivity contribution in [1.29, 1.82) is 0 Å². The van der Waals surface area contributed by atoms with Crippen molar-refractivity contribution in [1.82, 2.24) is 0 Å². The molecule has 0 saturated heterocycles. The molecule has 7 heteroatoms. The van der Waals surface area contributed by atoms with E-state index in [0.717, 1.165) is 29.7 Å². The number of anilines is 1. The molecule has 1 aromatic carbocycles. The fraction of sp³-hybridized carbons (Fsp3) is 0.294.